The molecule has 1 rings (SSSR count). The average molecular weight is 190 g/mol. The van der Waals surface area contributed by atoms with E-state index in [-0.39, 0.29) is 5.69 Å². The van der Waals surface area contributed by atoms with Crippen molar-refractivity contribution in [3.8, 4) is 0 Å². The van der Waals surface area contributed by atoms with Crippen LogP contribution in [-0.2, 0) is 6.42 Å². The highest BCUT2D eigenvalue weighted by molar-refractivity contribution is 5.09. The molecule has 5 heteroatoms. The Morgan fingerprint density at radius 3 is 2.69 bits per heavy atom. The minimum atomic E-state index is -3.09. The van der Waals surface area contributed by atoms with Gasteiger partial charge in [-0.1, -0.05) is 0 Å². The van der Waals surface area contributed by atoms with Gasteiger partial charge >= 0.3 is 0 Å². The Hall–Kier alpha value is -1.10. The summed E-state index contributed by atoms with van der Waals surface area (Å²) in [6.07, 6.45) is 0.515. The monoisotopic (exact) mass is 190 g/mol. The second kappa shape index (κ2) is 3.74. The summed E-state index contributed by atoms with van der Waals surface area (Å²) < 4.78 is 38.2. The minimum Gasteiger partial charge on any atom is -0.325 e. The Morgan fingerprint density at radius 1 is 1.46 bits per heavy atom. The first-order valence-electron chi connectivity index (χ1n) is 3.72. The van der Waals surface area contributed by atoms with E-state index in [1.165, 1.54) is 12.3 Å². The molecule has 0 saturated carbocycles. The van der Waals surface area contributed by atoms with E-state index < -0.39 is 24.7 Å². The van der Waals surface area contributed by atoms with Crippen LogP contribution in [0, 0.1) is 5.82 Å². The molecule has 0 amide bonds. The van der Waals surface area contributed by atoms with Crippen molar-refractivity contribution in [2.75, 3.05) is 6.54 Å². The molecule has 0 aliphatic carbocycles. The number of halogens is 3. The van der Waals surface area contributed by atoms with Crippen LogP contribution in [0.25, 0.3) is 0 Å². The first-order valence-corrected chi connectivity index (χ1v) is 3.72. The Bertz CT molecular complexity index is 288. The normalized spacial score (nSPS) is 11.7. The second-order valence-electron chi connectivity index (χ2n) is 2.67. The van der Waals surface area contributed by atoms with Crippen LogP contribution in [0.5, 0.6) is 0 Å². The fraction of sp³-hybridized carbons (Fsp3) is 0.375. The second-order valence-corrected chi connectivity index (χ2v) is 2.67. The van der Waals surface area contributed by atoms with Gasteiger partial charge in [0.1, 0.15) is 5.82 Å². The van der Waals surface area contributed by atoms with Gasteiger partial charge < -0.3 is 5.73 Å². The lowest BCUT2D eigenvalue weighted by atomic mass is 10.1. The molecule has 0 bridgehead atoms. The number of hydrogen-bond acceptors (Lipinski definition) is 2. The molecule has 0 aliphatic rings. The van der Waals surface area contributed by atoms with Gasteiger partial charge in [-0.15, -0.1) is 0 Å². The van der Waals surface area contributed by atoms with Crippen LogP contribution in [0.1, 0.15) is 5.69 Å². The molecule has 1 heterocycles. The van der Waals surface area contributed by atoms with Crippen molar-refractivity contribution < 1.29 is 13.2 Å². The lowest BCUT2D eigenvalue weighted by molar-refractivity contribution is 0.00965. The van der Waals surface area contributed by atoms with E-state index in [0.717, 1.165) is 6.07 Å². The Morgan fingerprint density at radius 2 is 2.15 bits per heavy atom. The van der Waals surface area contributed by atoms with Crippen molar-refractivity contribution in [2.24, 2.45) is 5.73 Å². The van der Waals surface area contributed by atoms with Gasteiger partial charge in [0.2, 0.25) is 0 Å². The smallest absolute Gasteiger partial charge is 0.265 e. The van der Waals surface area contributed by atoms with Gasteiger partial charge in [0.05, 0.1) is 18.7 Å². The summed E-state index contributed by atoms with van der Waals surface area (Å²) in [7, 11) is 0. The Balaban J connectivity index is 2.80. The third-order valence-electron chi connectivity index (χ3n) is 1.56. The van der Waals surface area contributed by atoms with Gasteiger partial charge in [0.25, 0.3) is 5.92 Å². The van der Waals surface area contributed by atoms with E-state index in [9.17, 15) is 13.2 Å². The third kappa shape index (κ3) is 2.69. The van der Waals surface area contributed by atoms with E-state index >= 15 is 0 Å². The van der Waals surface area contributed by atoms with E-state index in [2.05, 4.69) is 4.98 Å². The molecule has 1 aromatic heterocycles. The Labute approximate surface area is 73.6 Å². The molecule has 72 valence electrons. The average Bonchev–Trinajstić information content (AvgIpc) is 2.09. The number of hydrogen-bond donors (Lipinski definition) is 1. The number of nitrogens with zero attached hydrogens (tertiary/aromatic N) is 1. The summed E-state index contributed by atoms with van der Waals surface area (Å²) in [5.74, 6) is -3.81. The lowest BCUT2D eigenvalue weighted by Gasteiger charge is -2.12. The fourth-order valence-electron chi connectivity index (χ4n) is 0.866. The molecule has 1 aromatic rings. The summed E-state index contributed by atoms with van der Waals surface area (Å²) in [5, 5.41) is 0. The van der Waals surface area contributed by atoms with Crippen molar-refractivity contribution in [3.05, 3.63) is 29.8 Å². The molecule has 0 aromatic carbocycles. The molecule has 2 N–H and O–H groups in total. The molecule has 0 fully saturated rings. The molecule has 0 aliphatic heterocycles. The predicted octanol–water partition coefficient (Wildman–Crippen LogP) is 1.36. The zero-order valence-electron chi connectivity index (χ0n) is 6.80. The highest BCUT2D eigenvalue weighted by Crippen LogP contribution is 2.18. The molecular weight excluding hydrogens is 181 g/mol. The largest absolute Gasteiger partial charge is 0.325 e. The maximum atomic E-state index is 12.8. The first kappa shape index (κ1) is 9.98. The molecule has 2 nitrogen and oxygen atoms in total. The van der Waals surface area contributed by atoms with Gasteiger partial charge in [-0.25, -0.2) is 13.2 Å². The van der Waals surface area contributed by atoms with Crippen LogP contribution in [0.3, 0.4) is 0 Å². The first-order chi connectivity index (χ1) is 6.05. The van der Waals surface area contributed by atoms with E-state index in [1.807, 2.05) is 0 Å². The number of nitrogens with two attached hydrogens (primary N) is 1. The summed E-state index contributed by atoms with van der Waals surface area (Å²) >= 11 is 0. The lowest BCUT2D eigenvalue weighted by Crippen LogP contribution is -2.30. The van der Waals surface area contributed by atoms with Crippen LogP contribution in [0.4, 0.5) is 13.2 Å². The minimum absolute atomic E-state index is 0.252. The molecular formula is C8H9F3N2. The summed E-state index contributed by atoms with van der Waals surface area (Å²) in [6.45, 7) is -0.803. The van der Waals surface area contributed by atoms with Crippen molar-refractivity contribution >= 4 is 0 Å². The van der Waals surface area contributed by atoms with E-state index in [0.29, 0.717) is 0 Å². The maximum Gasteiger partial charge on any atom is 0.265 e. The zero-order chi connectivity index (χ0) is 9.90. The SMILES string of the molecule is NCC(F)(F)Cc1ncccc1F. The van der Waals surface area contributed by atoms with Gasteiger partial charge in [-0.2, -0.15) is 0 Å². The molecule has 0 unspecified atom stereocenters. The van der Waals surface area contributed by atoms with Gasteiger partial charge in [-0.3, -0.25) is 4.98 Å². The molecule has 0 radical (unpaired) electrons. The highest BCUT2D eigenvalue weighted by Gasteiger charge is 2.28. The van der Waals surface area contributed by atoms with Crippen LogP contribution in [0.2, 0.25) is 0 Å². The summed E-state index contributed by atoms with van der Waals surface area (Å²) in [4.78, 5) is 3.50. The Kier molecular flexibility index (Phi) is 2.87. The molecule has 0 saturated heterocycles. The molecule has 13 heavy (non-hydrogen) atoms. The number of aromatic nitrogens is 1. The third-order valence-corrected chi connectivity index (χ3v) is 1.56. The number of alkyl halides is 2. The summed E-state index contributed by atoms with van der Waals surface area (Å²) in [6, 6.07) is 2.44. The zero-order valence-corrected chi connectivity index (χ0v) is 6.80. The fourth-order valence-corrected chi connectivity index (χ4v) is 0.866. The van der Waals surface area contributed by atoms with Crippen molar-refractivity contribution in [2.45, 2.75) is 12.3 Å². The number of rotatable bonds is 3. The highest BCUT2D eigenvalue weighted by atomic mass is 19.3. The van der Waals surface area contributed by atoms with Crippen LogP contribution in [0.15, 0.2) is 18.3 Å². The van der Waals surface area contributed by atoms with Crippen LogP contribution >= 0.6 is 0 Å². The predicted molar refractivity (Wildman–Crippen MR) is 41.9 cm³/mol. The summed E-state index contributed by atoms with van der Waals surface area (Å²) in [5.41, 5.74) is 4.55. The standard InChI is InChI=1S/C8H9F3N2/c9-6-2-1-3-13-7(6)4-8(10,11)5-12/h1-3H,4-5,12H2. The van der Waals surface area contributed by atoms with Crippen LogP contribution in [-0.4, -0.2) is 17.5 Å². The van der Waals surface area contributed by atoms with Crippen LogP contribution < -0.4 is 5.73 Å². The molecule has 0 atom stereocenters. The quantitative estimate of drug-likeness (QED) is 0.781. The van der Waals surface area contributed by atoms with Crippen molar-refractivity contribution in [1.29, 1.82) is 0 Å². The van der Waals surface area contributed by atoms with Gasteiger partial charge in [-0.05, 0) is 12.1 Å². The van der Waals surface area contributed by atoms with E-state index in [1.54, 1.807) is 0 Å². The molecule has 0 spiro atoms. The number of pyridine rings is 1. The van der Waals surface area contributed by atoms with Crippen molar-refractivity contribution in [3.63, 3.8) is 0 Å². The van der Waals surface area contributed by atoms with E-state index in [4.69, 9.17) is 5.73 Å². The maximum absolute atomic E-state index is 12.8. The van der Waals surface area contributed by atoms with Gasteiger partial charge in [0, 0.05) is 6.20 Å². The van der Waals surface area contributed by atoms with Gasteiger partial charge in [0.15, 0.2) is 0 Å². The van der Waals surface area contributed by atoms with Crippen molar-refractivity contribution in [1.82, 2.24) is 4.98 Å². The topological polar surface area (TPSA) is 38.9 Å².